The lowest BCUT2D eigenvalue weighted by Gasteiger charge is -2.16. The largest absolute Gasteiger partial charge is 0.376 e. The van der Waals surface area contributed by atoms with Gasteiger partial charge < -0.3 is 9.72 Å². The fourth-order valence-electron chi connectivity index (χ4n) is 4.17. The van der Waals surface area contributed by atoms with Gasteiger partial charge in [-0.05, 0) is 51.3 Å². The third-order valence-electron chi connectivity index (χ3n) is 5.64. The smallest absolute Gasteiger partial charge is 0.262 e. The Morgan fingerprint density at radius 1 is 1.29 bits per heavy atom. The number of carbonyl (C=O) groups excluding carboxylic acids is 2. The molecule has 1 aliphatic rings. The molecule has 0 amide bonds. The molecule has 1 unspecified atom stereocenters. The summed E-state index contributed by atoms with van der Waals surface area (Å²) >= 11 is 1.24. The molecule has 0 aliphatic carbocycles. The number of H-pyrrole nitrogens is 1. The summed E-state index contributed by atoms with van der Waals surface area (Å²) in [5.74, 6) is -0.0993. The van der Waals surface area contributed by atoms with Gasteiger partial charge in [-0.3, -0.25) is 19.0 Å². The van der Waals surface area contributed by atoms with Gasteiger partial charge in [0.1, 0.15) is 0 Å². The molecule has 3 aromatic rings. The summed E-state index contributed by atoms with van der Waals surface area (Å²) in [5, 5.41) is 1.05. The number of para-hydroxylation sites is 1. The molecule has 1 fully saturated rings. The van der Waals surface area contributed by atoms with E-state index in [1.807, 2.05) is 12.1 Å². The molecular weight excluding hydrogens is 414 g/mol. The van der Waals surface area contributed by atoms with Crippen LogP contribution in [0, 0.1) is 13.8 Å². The molecular formula is C23H25N3O4S. The predicted octanol–water partition coefficient (Wildman–Crippen LogP) is 3.70. The van der Waals surface area contributed by atoms with Crippen molar-refractivity contribution in [2.75, 3.05) is 12.4 Å². The van der Waals surface area contributed by atoms with Gasteiger partial charge in [0.15, 0.2) is 16.7 Å². The molecule has 0 radical (unpaired) electrons. The summed E-state index contributed by atoms with van der Waals surface area (Å²) in [7, 11) is 0. The number of ketones is 2. The Bertz CT molecular complexity index is 1220. The number of benzene rings is 1. The molecule has 1 aliphatic heterocycles. The van der Waals surface area contributed by atoms with Crippen molar-refractivity contribution in [1.82, 2.24) is 14.5 Å². The monoisotopic (exact) mass is 439 g/mol. The van der Waals surface area contributed by atoms with Crippen molar-refractivity contribution in [2.24, 2.45) is 0 Å². The number of hydrogen-bond acceptors (Lipinski definition) is 6. The lowest BCUT2D eigenvalue weighted by atomic mass is 10.1. The fraction of sp³-hybridized carbons (Fsp3) is 0.391. The molecule has 162 valence electrons. The van der Waals surface area contributed by atoms with Crippen LogP contribution in [0.2, 0.25) is 0 Å². The Morgan fingerprint density at radius 2 is 2.06 bits per heavy atom. The fourth-order valence-corrected chi connectivity index (χ4v) is 5.05. The maximum absolute atomic E-state index is 13.2. The van der Waals surface area contributed by atoms with E-state index in [0.717, 1.165) is 12.8 Å². The Hall–Kier alpha value is -2.71. The van der Waals surface area contributed by atoms with Crippen LogP contribution in [-0.4, -0.2) is 44.6 Å². The van der Waals surface area contributed by atoms with Gasteiger partial charge >= 0.3 is 0 Å². The number of aromatic nitrogens is 3. The van der Waals surface area contributed by atoms with Gasteiger partial charge in [0.2, 0.25) is 0 Å². The number of carbonyl (C=O) groups is 2. The summed E-state index contributed by atoms with van der Waals surface area (Å²) in [6.45, 7) is 6.18. The Morgan fingerprint density at radius 3 is 2.74 bits per heavy atom. The van der Waals surface area contributed by atoms with E-state index in [1.165, 1.54) is 18.7 Å². The first-order valence-corrected chi connectivity index (χ1v) is 11.3. The van der Waals surface area contributed by atoms with E-state index >= 15 is 0 Å². The molecule has 31 heavy (non-hydrogen) atoms. The maximum Gasteiger partial charge on any atom is 0.262 e. The van der Waals surface area contributed by atoms with Gasteiger partial charge in [0.05, 0.1) is 35.0 Å². The third kappa shape index (κ3) is 4.22. The van der Waals surface area contributed by atoms with Gasteiger partial charge in [0, 0.05) is 17.9 Å². The molecule has 3 heterocycles. The molecule has 7 nitrogen and oxygen atoms in total. The van der Waals surface area contributed by atoms with E-state index < -0.39 is 0 Å². The van der Waals surface area contributed by atoms with Crippen molar-refractivity contribution < 1.29 is 14.3 Å². The first kappa shape index (κ1) is 21.5. The highest BCUT2D eigenvalue weighted by atomic mass is 32.2. The maximum atomic E-state index is 13.2. The van der Waals surface area contributed by atoms with Crippen LogP contribution < -0.4 is 5.56 Å². The van der Waals surface area contributed by atoms with Gasteiger partial charge in [-0.2, -0.15) is 0 Å². The van der Waals surface area contributed by atoms with Crippen molar-refractivity contribution in [1.29, 1.82) is 0 Å². The van der Waals surface area contributed by atoms with E-state index in [-0.39, 0.29) is 29.0 Å². The zero-order valence-corrected chi connectivity index (χ0v) is 18.7. The molecule has 4 rings (SSSR count). The van der Waals surface area contributed by atoms with E-state index in [4.69, 9.17) is 4.74 Å². The number of aryl methyl sites for hydroxylation is 1. The van der Waals surface area contributed by atoms with Crippen molar-refractivity contribution >= 4 is 34.2 Å². The Balaban J connectivity index is 1.64. The van der Waals surface area contributed by atoms with Crippen molar-refractivity contribution in [2.45, 2.75) is 51.4 Å². The molecule has 1 aromatic carbocycles. The van der Waals surface area contributed by atoms with Gasteiger partial charge in [-0.15, -0.1) is 0 Å². The van der Waals surface area contributed by atoms with Crippen LogP contribution in [0.25, 0.3) is 10.9 Å². The number of rotatable bonds is 7. The zero-order valence-electron chi connectivity index (χ0n) is 17.9. The average molecular weight is 440 g/mol. The number of hydrogen-bond donors (Lipinski definition) is 1. The molecule has 1 saturated heterocycles. The molecule has 1 atom stereocenters. The lowest BCUT2D eigenvalue weighted by Crippen LogP contribution is -2.29. The molecule has 0 saturated carbocycles. The number of fused-ring (bicyclic) bond motifs is 1. The van der Waals surface area contributed by atoms with Crippen LogP contribution in [-0.2, 0) is 11.3 Å². The highest BCUT2D eigenvalue weighted by Crippen LogP contribution is 2.24. The number of nitrogens with one attached hydrogen (secondary N) is 1. The molecule has 0 bridgehead atoms. The Labute approximate surface area is 184 Å². The number of nitrogens with zero attached hydrogens (tertiary/aromatic N) is 2. The topological polar surface area (TPSA) is 94.0 Å². The summed E-state index contributed by atoms with van der Waals surface area (Å²) in [4.78, 5) is 45.7. The Kier molecular flexibility index (Phi) is 6.11. The van der Waals surface area contributed by atoms with Gasteiger partial charge in [0.25, 0.3) is 5.56 Å². The van der Waals surface area contributed by atoms with E-state index in [2.05, 4.69) is 9.97 Å². The van der Waals surface area contributed by atoms with Crippen LogP contribution in [0.4, 0.5) is 0 Å². The van der Waals surface area contributed by atoms with Crippen LogP contribution in [0.3, 0.4) is 0 Å². The first-order chi connectivity index (χ1) is 14.9. The average Bonchev–Trinajstić information content (AvgIpc) is 3.35. The normalized spacial score (nSPS) is 16.2. The quantitative estimate of drug-likeness (QED) is 0.343. The van der Waals surface area contributed by atoms with Gasteiger partial charge in [-0.25, -0.2) is 4.98 Å². The number of aromatic amines is 1. The molecule has 2 aromatic heterocycles. The van der Waals surface area contributed by atoms with Crippen LogP contribution in [0.1, 0.15) is 51.9 Å². The summed E-state index contributed by atoms with van der Waals surface area (Å²) < 4.78 is 7.36. The highest BCUT2D eigenvalue weighted by molar-refractivity contribution is 7.99. The van der Waals surface area contributed by atoms with E-state index in [0.29, 0.717) is 51.7 Å². The number of thioether (sulfide) groups is 1. The highest BCUT2D eigenvalue weighted by Gasteiger charge is 2.23. The van der Waals surface area contributed by atoms with Crippen LogP contribution in [0.5, 0.6) is 0 Å². The summed E-state index contributed by atoms with van der Waals surface area (Å²) in [6, 6.07) is 7.23. The lowest BCUT2D eigenvalue weighted by molar-refractivity contribution is 0.0937. The summed E-state index contributed by atoms with van der Waals surface area (Å²) in [5.41, 5.74) is 2.84. The summed E-state index contributed by atoms with van der Waals surface area (Å²) in [6.07, 6.45) is 1.85. The standard InChI is InChI=1S/C23H25N3O4S/c1-13-20(15(3)27)14(2)24-21(13)19(28)12-31-23-25-18-9-5-4-8-17(18)22(29)26(23)11-16-7-6-10-30-16/h4-5,8-9,16,24H,6-7,10-12H2,1-3H3. The minimum Gasteiger partial charge on any atom is -0.376 e. The second kappa shape index (κ2) is 8.80. The van der Waals surface area contributed by atoms with E-state index in [1.54, 1.807) is 30.5 Å². The van der Waals surface area contributed by atoms with Crippen LogP contribution in [0.15, 0.2) is 34.2 Å². The van der Waals surface area contributed by atoms with Crippen LogP contribution >= 0.6 is 11.8 Å². The van der Waals surface area contributed by atoms with E-state index in [9.17, 15) is 14.4 Å². The van der Waals surface area contributed by atoms with Gasteiger partial charge in [-0.1, -0.05) is 23.9 Å². The SMILES string of the molecule is CC(=O)c1c(C)[nH]c(C(=O)CSc2nc3ccccc3c(=O)n2CC2CCCO2)c1C. The van der Waals surface area contributed by atoms with Crippen molar-refractivity contribution in [3.63, 3.8) is 0 Å². The number of ether oxygens (including phenoxy) is 1. The minimum atomic E-state index is -0.135. The second-order valence-electron chi connectivity index (χ2n) is 7.86. The minimum absolute atomic E-state index is 0.0258. The first-order valence-electron chi connectivity index (χ1n) is 10.3. The second-order valence-corrected chi connectivity index (χ2v) is 8.80. The molecule has 0 spiro atoms. The third-order valence-corrected chi connectivity index (χ3v) is 6.61. The van der Waals surface area contributed by atoms with Crippen molar-refractivity contribution in [3.8, 4) is 0 Å². The number of Topliss-reactive ketones (excluding diaryl/α,β-unsaturated/α-hetero) is 2. The zero-order chi connectivity index (χ0) is 22.1. The van der Waals surface area contributed by atoms with Crippen molar-refractivity contribution in [3.05, 3.63) is 57.1 Å². The molecule has 8 heteroatoms. The molecule has 1 N–H and O–H groups in total. The predicted molar refractivity (Wildman–Crippen MR) is 120 cm³/mol.